The fourth-order valence-corrected chi connectivity index (χ4v) is 1.51. The number of benzene rings is 1. The minimum atomic E-state index is -1.28. The molecule has 0 fully saturated rings. The third-order valence-corrected chi connectivity index (χ3v) is 2.14. The quantitative estimate of drug-likeness (QED) is 0.544. The molecule has 0 amide bonds. The van der Waals surface area contributed by atoms with Crippen molar-refractivity contribution in [3.63, 3.8) is 0 Å². The Morgan fingerprint density at radius 2 is 1.42 bits per heavy atom. The van der Waals surface area contributed by atoms with E-state index >= 15 is 0 Å². The number of hydrogen-bond acceptors (Lipinski definition) is 5. The number of ether oxygens (including phenoxy) is 3. The van der Waals surface area contributed by atoms with Crippen molar-refractivity contribution in [1.82, 2.24) is 0 Å². The van der Waals surface area contributed by atoms with Crippen LogP contribution in [0.5, 0.6) is 17.2 Å². The zero-order valence-corrected chi connectivity index (χ0v) is 11.8. The minimum absolute atomic E-state index is 0. The Morgan fingerprint density at radius 1 is 1.00 bits per heavy atom. The van der Waals surface area contributed by atoms with E-state index in [-0.39, 0.29) is 24.4 Å². The van der Waals surface area contributed by atoms with Gasteiger partial charge in [-0.15, -0.1) is 0 Å². The summed E-state index contributed by atoms with van der Waals surface area (Å²) in [7, 11) is 0. The number of carbonyl (C=O) groups is 1. The number of rotatable bonds is 7. The van der Waals surface area contributed by atoms with Crippen molar-refractivity contribution in [2.75, 3.05) is 19.8 Å². The zero-order valence-electron chi connectivity index (χ0n) is 11.8. The van der Waals surface area contributed by atoms with Crippen LogP contribution in [0.2, 0.25) is 0 Å². The van der Waals surface area contributed by atoms with Gasteiger partial charge >= 0.3 is 18.9 Å². The third kappa shape index (κ3) is 4.70. The molecule has 19 heavy (non-hydrogen) atoms. The molecule has 0 atom stereocenters. The van der Waals surface area contributed by atoms with Gasteiger partial charge in [0.15, 0.2) is 11.5 Å². The topological polar surface area (TPSA) is 67.8 Å². The van der Waals surface area contributed by atoms with E-state index in [1.54, 1.807) is 0 Å². The molecule has 0 bridgehead atoms. The predicted molar refractivity (Wildman–Crippen MR) is 64.3 cm³/mol. The number of hydrogen-bond donors (Lipinski definition) is 0. The molecule has 0 saturated heterocycles. The number of carboxylic acid groups (broad SMARTS) is 1. The van der Waals surface area contributed by atoms with Gasteiger partial charge in [0, 0.05) is 5.56 Å². The Bertz CT molecular complexity index is 392. The smallest absolute Gasteiger partial charge is 0.545 e. The van der Waals surface area contributed by atoms with Crippen LogP contribution < -0.4 is 38.2 Å². The molecule has 0 unspecified atom stereocenters. The van der Waals surface area contributed by atoms with Crippen molar-refractivity contribution >= 4 is 5.97 Å². The van der Waals surface area contributed by atoms with Gasteiger partial charge in [-0.3, -0.25) is 0 Å². The van der Waals surface area contributed by atoms with Gasteiger partial charge in [-0.1, -0.05) is 0 Å². The van der Waals surface area contributed by atoms with E-state index in [2.05, 4.69) is 0 Å². The Hall–Kier alpha value is -1.31. The maximum atomic E-state index is 10.9. The monoisotopic (exact) mass is 260 g/mol. The van der Waals surface area contributed by atoms with Crippen molar-refractivity contribution in [3.05, 3.63) is 17.7 Å². The molecular weight excluding hydrogens is 243 g/mol. The SMILES string of the molecule is CCOc1cc(C(=O)[O-])cc(OCC)c1OCC.[Li+]. The van der Waals surface area contributed by atoms with Crippen molar-refractivity contribution in [3.8, 4) is 17.2 Å². The molecule has 5 nitrogen and oxygen atoms in total. The molecule has 0 heterocycles. The fraction of sp³-hybridized carbons (Fsp3) is 0.462. The Kier molecular flexibility index (Phi) is 8.13. The average Bonchev–Trinajstić information content (AvgIpc) is 2.33. The summed E-state index contributed by atoms with van der Waals surface area (Å²) >= 11 is 0. The molecule has 0 aliphatic rings. The number of carboxylic acids is 1. The first-order valence-corrected chi connectivity index (χ1v) is 5.91. The molecule has 1 aromatic carbocycles. The zero-order chi connectivity index (χ0) is 13.5. The normalized spacial score (nSPS) is 9.42. The van der Waals surface area contributed by atoms with Crippen LogP contribution in [0.1, 0.15) is 31.1 Å². The molecule has 0 spiro atoms. The van der Waals surface area contributed by atoms with Crippen LogP contribution in [-0.4, -0.2) is 25.8 Å². The second-order valence-corrected chi connectivity index (χ2v) is 3.39. The van der Waals surface area contributed by atoms with Crippen LogP contribution >= 0.6 is 0 Å². The second kappa shape index (κ2) is 8.73. The van der Waals surface area contributed by atoms with Crippen LogP contribution in [0.25, 0.3) is 0 Å². The van der Waals surface area contributed by atoms with E-state index in [9.17, 15) is 9.90 Å². The maximum Gasteiger partial charge on any atom is 1.00 e. The van der Waals surface area contributed by atoms with E-state index in [1.807, 2.05) is 20.8 Å². The van der Waals surface area contributed by atoms with E-state index in [4.69, 9.17) is 14.2 Å². The van der Waals surface area contributed by atoms with Gasteiger partial charge in [-0.25, -0.2) is 0 Å². The van der Waals surface area contributed by atoms with E-state index < -0.39 is 5.97 Å². The molecule has 1 aromatic rings. The van der Waals surface area contributed by atoms with Gasteiger partial charge in [-0.05, 0) is 32.9 Å². The molecular formula is C13H17LiO5. The van der Waals surface area contributed by atoms with E-state index in [0.29, 0.717) is 37.1 Å². The molecule has 100 valence electrons. The Morgan fingerprint density at radius 3 is 1.74 bits per heavy atom. The first-order valence-electron chi connectivity index (χ1n) is 5.91. The molecule has 0 aromatic heterocycles. The van der Waals surface area contributed by atoms with E-state index in [0.717, 1.165) is 0 Å². The van der Waals surface area contributed by atoms with Gasteiger partial charge in [0.1, 0.15) is 0 Å². The summed E-state index contributed by atoms with van der Waals surface area (Å²) in [6.45, 7) is 6.69. The van der Waals surface area contributed by atoms with E-state index in [1.165, 1.54) is 12.1 Å². The minimum Gasteiger partial charge on any atom is -0.545 e. The molecule has 0 radical (unpaired) electrons. The van der Waals surface area contributed by atoms with Crippen LogP contribution in [-0.2, 0) is 0 Å². The summed E-state index contributed by atoms with van der Waals surface area (Å²) in [5, 5.41) is 10.9. The van der Waals surface area contributed by atoms with Crippen LogP contribution in [0.3, 0.4) is 0 Å². The van der Waals surface area contributed by atoms with Gasteiger partial charge in [-0.2, -0.15) is 0 Å². The average molecular weight is 260 g/mol. The number of aromatic carboxylic acids is 1. The molecule has 0 aliphatic carbocycles. The Balaban J connectivity index is 0.00000324. The summed E-state index contributed by atoms with van der Waals surface area (Å²) in [6, 6.07) is 2.76. The molecule has 0 saturated carbocycles. The molecule has 1 rings (SSSR count). The van der Waals surface area contributed by atoms with Crippen molar-refractivity contribution < 1.29 is 43.0 Å². The second-order valence-electron chi connectivity index (χ2n) is 3.39. The molecule has 0 aliphatic heterocycles. The summed E-state index contributed by atoms with van der Waals surface area (Å²) in [5.74, 6) is -0.153. The van der Waals surface area contributed by atoms with Crippen LogP contribution in [0.15, 0.2) is 12.1 Å². The summed E-state index contributed by atoms with van der Waals surface area (Å²) < 4.78 is 16.2. The maximum absolute atomic E-state index is 10.9. The largest absolute Gasteiger partial charge is 1.00 e. The molecule has 0 N–H and O–H groups in total. The first kappa shape index (κ1) is 17.7. The van der Waals surface area contributed by atoms with Gasteiger partial charge in [0.2, 0.25) is 5.75 Å². The first-order chi connectivity index (χ1) is 8.63. The van der Waals surface area contributed by atoms with Crippen molar-refractivity contribution in [1.29, 1.82) is 0 Å². The van der Waals surface area contributed by atoms with Crippen LogP contribution in [0, 0.1) is 0 Å². The van der Waals surface area contributed by atoms with Crippen LogP contribution in [0.4, 0.5) is 0 Å². The summed E-state index contributed by atoms with van der Waals surface area (Å²) in [6.07, 6.45) is 0. The van der Waals surface area contributed by atoms with Gasteiger partial charge in [0.05, 0.1) is 25.8 Å². The fourth-order valence-electron chi connectivity index (χ4n) is 1.51. The van der Waals surface area contributed by atoms with Gasteiger partial charge < -0.3 is 24.1 Å². The summed E-state index contributed by atoms with van der Waals surface area (Å²) in [5.41, 5.74) is 0.00496. The Labute approximate surface area is 125 Å². The summed E-state index contributed by atoms with van der Waals surface area (Å²) in [4.78, 5) is 10.9. The standard InChI is InChI=1S/C13H18O5.Li/c1-4-16-10-7-9(13(14)15)8-11(17-5-2)12(10)18-6-3;/h7-8H,4-6H2,1-3H3,(H,14,15);/q;+1/p-1. The third-order valence-electron chi connectivity index (χ3n) is 2.14. The van der Waals surface area contributed by atoms with Gasteiger partial charge in [0.25, 0.3) is 0 Å². The van der Waals surface area contributed by atoms with Crippen molar-refractivity contribution in [2.24, 2.45) is 0 Å². The van der Waals surface area contributed by atoms with Crippen molar-refractivity contribution in [2.45, 2.75) is 20.8 Å². The number of carbonyl (C=O) groups excluding carboxylic acids is 1. The predicted octanol–water partition coefficient (Wildman–Crippen LogP) is -1.75. The molecule has 6 heteroatoms.